The molecule has 0 radical (unpaired) electrons. The minimum Gasteiger partial charge on any atom is -0.493 e. The maximum Gasteiger partial charge on any atom is 0.239 e. The smallest absolute Gasteiger partial charge is 0.239 e. The molecule has 1 rings (SSSR count). The van der Waals surface area contributed by atoms with Gasteiger partial charge in [0.05, 0.1) is 34.0 Å². The lowest BCUT2D eigenvalue weighted by molar-refractivity contribution is -0.124. The largest absolute Gasteiger partial charge is 0.493 e. The van der Waals surface area contributed by atoms with Crippen molar-refractivity contribution in [3.63, 3.8) is 0 Å². The van der Waals surface area contributed by atoms with E-state index < -0.39 is 6.04 Å². The second-order valence-corrected chi connectivity index (χ2v) is 4.75. The van der Waals surface area contributed by atoms with Crippen LogP contribution in [0, 0.1) is 0 Å². The van der Waals surface area contributed by atoms with E-state index in [0.29, 0.717) is 17.2 Å². The van der Waals surface area contributed by atoms with Gasteiger partial charge in [-0.15, -0.1) is 0 Å². The summed E-state index contributed by atoms with van der Waals surface area (Å²) in [4.78, 5) is 11.9. The molecule has 2 atom stereocenters. The molecule has 2 unspecified atom stereocenters. The van der Waals surface area contributed by atoms with Gasteiger partial charge in [-0.05, 0) is 24.6 Å². The summed E-state index contributed by atoms with van der Waals surface area (Å²) in [6.07, 6.45) is 0. The number of nitrogens with one attached hydrogen (secondary N) is 1. The highest BCUT2D eigenvalue weighted by atomic mass is 16.5. The molecule has 7 heteroatoms. The number of nitrogens with two attached hydrogens (primary N) is 1. The summed E-state index contributed by atoms with van der Waals surface area (Å²) in [7, 11) is 6.11. The van der Waals surface area contributed by atoms with Crippen molar-refractivity contribution in [3.05, 3.63) is 17.7 Å². The highest BCUT2D eigenvalue weighted by molar-refractivity contribution is 5.82. The molecule has 3 N–H and O–H groups in total. The first-order valence-corrected chi connectivity index (χ1v) is 6.83. The summed E-state index contributed by atoms with van der Waals surface area (Å²) in [6, 6.07) is 2.58. The lowest BCUT2D eigenvalue weighted by Crippen LogP contribution is -2.44. The Morgan fingerprint density at radius 1 is 1.14 bits per heavy atom. The van der Waals surface area contributed by atoms with Gasteiger partial charge in [0.15, 0.2) is 11.5 Å². The molecule has 1 aromatic carbocycles. The molecule has 1 aromatic rings. The van der Waals surface area contributed by atoms with Crippen LogP contribution in [0.3, 0.4) is 0 Å². The van der Waals surface area contributed by atoms with Crippen molar-refractivity contribution in [3.8, 4) is 17.2 Å². The van der Waals surface area contributed by atoms with Crippen molar-refractivity contribution < 1.29 is 23.7 Å². The number of carbonyl (C=O) groups excluding carboxylic acids is 1. The number of methoxy groups -OCH3 is 4. The van der Waals surface area contributed by atoms with Crippen LogP contribution in [0.25, 0.3) is 0 Å². The van der Waals surface area contributed by atoms with E-state index in [-0.39, 0.29) is 18.6 Å². The minimum absolute atomic E-state index is 0.161. The summed E-state index contributed by atoms with van der Waals surface area (Å²) in [5.74, 6) is 1.27. The normalized spacial score (nSPS) is 13.2. The minimum atomic E-state index is -0.713. The third-order valence-electron chi connectivity index (χ3n) is 3.23. The third-order valence-corrected chi connectivity index (χ3v) is 3.23. The molecule has 0 bridgehead atoms. The monoisotopic (exact) mass is 312 g/mol. The fourth-order valence-electron chi connectivity index (χ4n) is 2.01. The second-order valence-electron chi connectivity index (χ2n) is 4.75. The zero-order valence-corrected chi connectivity index (χ0v) is 13.6. The van der Waals surface area contributed by atoms with Gasteiger partial charge < -0.3 is 30.0 Å². The van der Waals surface area contributed by atoms with Gasteiger partial charge in [0, 0.05) is 7.11 Å². The van der Waals surface area contributed by atoms with E-state index in [0.717, 1.165) is 5.56 Å². The van der Waals surface area contributed by atoms with Crippen LogP contribution in [0.15, 0.2) is 12.1 Å². The molecular formula is C15H24N2O5. The maximum atomic E-state index is 11.9. The second kappa shape index (κ2) is 8.45. The number of ether oxygens (including phenoxy) is 4. The fourth-order valence-corrected chi connectivity index (χ4v) is 2.01. The van der Waals surface area contributed by atoms with E-state index in [9.17, 15) is 4.79 Å². The van der Waals surface area contributed by atoms with Crippen LogP contribution in [0.2, 0.25) is 0 Å². The van der Waals surface area contributed by atoms with E-state index in [4.69, 9.17) is 24.7 Å². The lowest BCUT2D eigenvalue weighted by Gasteiger charge is -2.20. The van der Waals surface area contributed by atoms with E-state index >= 15 is 0 Å². The van der Waals surface area contributed by atoms with Crippen LogP contribution < -0.4 is 25.3 Å². The fraction of sp³-hybridized carbons (Fsp3) is 0.533. The summed E-state index contributed by atoms with van der Waals surface area (Å²) in [6.45, 7) is 2.01. The molecule has 0 aliphatic carbocycles. The van der Waals surface area contributed by atoms with Crippen molar-refractivity contribution in [1.29, 1.82) is 0 Å². The van der Waals surface area contributed by atoms with Crippen molar-refractivity contribution in [1.82, 2.24) is 5.32 Å². The Labute approximate surface area is 130 Å². The Bertz CT molecular complexity index is 482. The summed E-state index contributed by atoms with van der Waals surface area (Å²) in [5.41, 5.74) is 6.52. The van der Waals surface area contributed by atoms with Gasteiger partial charge >= 0.3 is 0 Å². The number of hydrogen-bond donors (Lipinski definition) is 2. The van der Waals surface area contributed by atoms with Gasteiger partial charge in [-0.2, -0.15) is 0 Å². The molecular weight excluding hydrogens is 288 g/mol. The molecule has 22 heavy (non-hydrogen) atoms. The average Bonchev–Trinajstić information content (AvgIpc) is 2.53. The molecule has 0 saturated heterocycles. The van der Waals surface area contributed by atoms with Crippen LogP contribution in [0.1, 0.15) is 18.5 Å². The van der Waals surface area contributed by atoms with Gasteiger partial charge in [0.1, 0.15) is 6.04 Å². The van der Waals surface area contributed by atoms with Gasteiger partial charge in [0.2, 0.25) is 11.7 Å². The number of hydrogen-bond acceptors (Lipinski definition) is 6. The molecule has 0 aromatic heterocycles. The Morgan fingerprint density at radius 3 is 2.09 bits per heavy atom. The first-order valence-electron chi connectivity index (χ1n) is 6.83. The summed E-state index contributed by atoms with van der Waals surface area (Å²) in [5, 5.41) is 2.82. The molecule has 0 saturated carbocycles. The van der Waals surface area contributed by atoms with Gasteiger partial charge in [-0.3, -0.25) is 4.79 Å². The van der Waals surface area contributed by atoms with Crippen molar-refractivity contribution in [2.75, 3.05) is 35.0 Å². The number of amides is 1. The van der Waals surface area contributed by atoms with Crippen LogP contribution in [-0.4, -0.2) is 47.0 Å². The van der Waals surface area contributed by atoms with E-state index in [1.165, 1.54) is 14.2 Å². The van der Waals surface area contributed by atoms with Crippen molar-refractivity contribution in [2.45, 2.75) is 19.0 Å². The molecule has 1 amide bonds. The summed E-state index contributed by atoms with van der Waals surface area (Å²) < 4.78 is 20.7. The highest BCUT2D eigenvalue weighted by Crippen LogP contribution is 2.39. The van der Waals surface area contributed by atoms with Crippen LogP contribution in [0.4, 0.5) is 0 Å². The third kappa shape index (κ3) is 4.25. The zero-order valence-electron chi connectivity index (χ0n) is 13.6. The number of benzene rings is 1. The van der Waals surface area contributed by atoms with Crippen molar-refractivity contribution in [2.24, 2.45) is 5.73 Å². The molecule has 0 spiro atoms. The Morgan fingerprint density at radius 2 is 1.68 bits per heavy atom. The quantitative estimate of drug-likeness (QED) is 0.740. The molecule has 0 aliphatic rings. The SMILES string of the molecule is COCC(N)C(=O)NC(C)c1cc(OC)c(OC)c(OC)c1. The predicted molar refractivity (Wildman–Crippen MR) is 82.5 cm³/mol. The highest BCUT2D eigenvalue weighted by Gasteiger charge is 2.20. The first kappa shape index (κ1) is 18.1. The Balaban J connectivity index is 2.98. The number of rotatable bonds is 8. The van der Waals surface area contributed by atoms with Crippen LogP contribution in [-0.2, 0) is 9.53 Å². The molecule has 124 valence electrons. The Hall–Kier alpha value is -1.99. The van der Waals surface area contributed by atoms with Crippen LogP contribution in [0.5, 0.6) is 17.2 Å². The summed E-state index contributed by atoms with van der Waals surface area (Å²) >= 11 is 0. The van der Waals surface area contributed by atoms with E-state index in [2.05, 4.69) is 5.32 Å². The topological polar surface area (TPSA) is 92.0 Å². The average molecular weight is 312 g/mol. The molecule has 7 nitrogen and oxygen atoms in total. The van der Waals surface area contributed by atoms with E-state index in [1.54, 1.807) is 26.4 Å². The molecule has 0 heterocycles. The maximum absolute atomic E-state index is 11.9. The standard InChI is InChI=1S/C15H24N2O5/c1-9(17-15(18)11(16)8-19-2)10-6-12(20-3)14(22-5)13(7-10)21-4/h6-7,9,11H,8,16H2,1-5H3,(H,17,18). The van der Waals surface area contributed by atoms with Crippen LogP contribution >= 0.6 is 0 Å². The zero-order chi connectivity index (χ0) is 16.7. The van der Waals surface area contributed by atoms with Gasteiger partial charge in [-0.1, -0.05) is 0 Å². The molecule has 0 aliphatic heterocycles. The predicted octanol–water partition coefficient (Wildman–Crippen LogP) is 0.863. The van der Waals surface area contributed by atoms with Gasteiger partial charge in [-0.25, -0.2) is 0 Å². The number of carbonyl (C=O) groups is 1. The molecule has 0 fully saturated rings. The Kier molecular flexibility index (Phi) is 6.94. The lowest BCUT2D eigenvalue weighted by atomic mass is 10.1. The van der Waals surface area contributed by atoms with E-state index in [1.807, 2.05) is 6.92 Å². The van der Waals surface area contributed by atoms with Gasteiger partial charge in [0.25, 0.3) is 0 Å². The first-order chi connectivity index (χ1) is 10.5. The van der Waals surface area contributed by atoms with Crippen molar-refractivity contribution >= 4 is 5.91 Å².